The van der Waals surface area contributed by atoms with Gasteiger partial charge in [-0.05, 0) is 32.9 Å². The topological polar surface area (TPSA) is 67.9 Å². The predicted molar refractivity (Wildman–Crippen MR) is 86.3 cm³/mol. The third-order valence-corrected chi connectivity index (χ3v) is 3.39. The van der Waals surface area contributed by atoms with Gasteiger partial charge in [0, 0.05) is 18.7 Å². The van der Waals surface area contributed by atoms with Crippen LogP contribution in [0.2, 0.25) is 0 Å². The number of carbonyl (C=O) groups excluding carboxylic acids is 2. The SMILES string of the molecule is CC(C)(C)OC(=O)N1CCOCC1CNC(=O)c1ccccc1. The lowest BCUT2D eigenvalue weighted by atomic mass is 10.2. The molecule has 1 aromatic rings. The van der Waals surface area contributed by atoms with E-state index in [1.807, 2.05) is 39.0 Å². The van der Waals surface area contributed by atoms with E-state index in [1.165, 1.54) is 0 Å². The number of rotatable bonds is 3. The molecule has 0 spiro atoms. The number of ether oxygens (including phenoxy) is 2. The van der Waals surface area contributed by atoms with Gasteiger partial charge in [-0.3, -0.25) is 9.69 Å². The van der Waals surface area contributed by atoms with E-state index in [2.05, 4.69) is 5.32 Å². The molecule has 0 bridgehead atoms. The molecule has 2 rings (SSSR count). The minimum atomic E-state index is -0.548. The Bertz CT molecular complexity index is 539. The van der Waals surface area contributed by atoms with Gasteiger partial charge >= 0.3 is 6.09 Å². The van der Waals surface area contributed by atoms with Crippen LogP contribution in [0.4, 0.5) is 4.79 Å². The number of carbonyl (C=O) groups is 2. The smallest absolute Gasteiger partial charge is 0.410 e. The van der Waals surface area contributed by atoms with Crippen molar-refractivity contribution in [3.05, 3.63) is 35.9 Å². The van der Waals surface area contributed by atoms with Crippen LogP contribution in [0.3, 0.4) is 0 Å². The van der Waals surface area contributed by atoms with Gasteiger partial charge in [-0.2, -0.15) is 0 Å². The highest BCUT2D eigenvalue weighted by atomic mass is 16.6. The second-order valence-corrected chi connectivity index (χ2v) is 6.48. The zero-order valence-corrected chi connectivity index (χ0v) is 13.9. The summed E-state index contributed by atoms with van der Waals surface area (Å²) in [6.45, 7) is 7.14. The van der Waals surface area contributed by atoms with Gasteiger partial charge in [-0.15, -0.1) is 0 Å². The molecule has 0 radical (unpaired) electrons. The maximum Gasteiger partial charge on any atom is 0.410 e. The van der Waals surface area contributed by atoms with E-state index in [0.717, 1.165) is 0 Å². The van der Waals surface area contributed by atoms with Crippen molar-refractivity contribution in [1.82, 2.24) is 10.2 Å². The minimum Gasteiger partial charge on any atom is -0.444 e. The summed E-state index contributed by atoms with van der Waals surface area (Å²) in [5.74, 6) is -0.166. The summed E-state index contributed by atoms with van der Waals surface area (Å²) in [7, 11) is 0. The van der Waals surface area contributed by atoms with Crippen LogP contribution in [-0.2, 0) is 9.47 Å². The van der Waals surface area contributed by atoms with Gasteiger partial charge in [0.15, 0.2) is 0 Å². The van der Waals surface area contributed by atoms with Gasteiger partial charge in [-0.25, -0.2) is 4.79 Å². The fourth-order valence-electron chi connectivity index (χ4n) is 2.29. The third-order valence-electron chi connectivity index (χ3n) is 3.39. The molecule has 1 atom stereocenters. The van der Waals surface area contributed by atoms with Crippen LogP contribution in [0.15, 0.2) is 30.3 Å². The molecular formula is C17H24N2O4. The van der Waals surface area contributed by atoms with Gasteiger partial charge in [0.25, 0.3) is 5.91 Å². The standard InChI is InChI=1S/C17H24N2O4/c1-17(2,3)23-16(21)19-9-10-22-12-14(19)11-18-15(20)13-7-5-4-6-8-13/h4-8,14H,9-12H2,1-3H3,(H,18,20). The molecule has 23 heavy (non-hydrogen) atoms. The van der Waals surface area contributed by atoms with E-state index in [4.69, 9.17) is 9.47 Å². The molecule has 1 saturated heterocycles. The first-order valence-electron chi connectivity index (χ1n) is 7.77. The van der Waals surface area contributed by atoms with Crippen LogP contribution < -0.4 is 5.32 Å². The first-order chi connectivity index (χ1) is 10.9. The zero-order valence-electron chi connectivity index (χ0n) is 13.9. The van der Waals surface area contributed by atoms with E-state index in [1.54, 1.807) is 17.0 Å². The lowest BCUT2D eigenvalue weighted by Crippen LogP contribution is -2.54. The second-order valence-electron chi connectivity index (χ2n) is 6.48. The molecule has 0 saturated carbocycles. The van der Waals surface area contributed by atoms with Crippen molar-refractivity contribution in [1.29, 1.82) is 0 Å². The predicted octanol–water partition coefficient (Wildman–Crippen LogP) is 2.05. The van der Waals surface area contributed by atoms with Crippen LogP contribution in [-0.4, -0.2) is 54.8 Å². The highest BCUT2D eigenvalue weighted by Crippen LogP contribution is 2.14. The molecule has 1 heterocycles. The Hall–Kier alpha value is -2.08. The van der Waals surface area contributed by atoms with Gasteiger partial charge in [0.05, 0.1) is 19.3 Å². The highest BCUT2D eigenvalue weighted by Gasteiger charge is 2.31. The molecule has 6 nitrogen and oxygen atoms in total. The van der Waals surface area contributed by atoms with Crippen LogP contribution in [0.5, 0.6) is 0 Å². The minimum absolute atomic E-state index is 0.166. The summed E-state index contributed by atoms with van der Waals surface area (Å²) in [5, 5.41) is 2.85. The van der Waals surface area contributed by atoms with Crippen molar-refractivity contribution in [3.63, 3.8) is 0 Å². The normalized spacial score (nSPS) is 18.4. The van der Waals surface area contributed by atoms with Gasteiger partial charge < -0.3 is 14.8 Å². The Morgan fingerprint density at radius 2 is 2.00 bits per heavy atom. The number of nitrogens with zero attached hydrogens (tertiary/aromatic N) is 1. The molecule has 2 amide bonds. The molecule has 126 valence electrons. The van der Waals surface area contributed by atoms with Gasteiger partial charge in [0.1, 0.15) is 5.60 Å². The molecule has 0 aliphatic carbocycles. The molecule has 1 aliphatic heterocycles. The van der Waals surface area contributed by atoms with Crippen molar-refractivity contribution in [2.24, 2.45) is 0 Å². The maximum atomic E-state index is 12.3. The average molecular weight is 320 g/mol. The quantitative estimate of drug-likeness (QED) is 0.925. The van der Waals surface area contributed by atoms with Crippen molar-refractivity contribution in [2.75, 3.05) is 26.3 Å². The van der Waals surface area contributed by atoms with E-state index in [-0.39, 0.29) is 18.0 Å². The summed E-state index contributed by atoms with van der Waals surface area (Å²) in [5.41, 5.74) is 0.0424. The Morgan fingerprint density at radius 1 is 1.30 bits per heavy atom. The zero-order chi connectivity index (χ0) is 16.9. The van der Waals surface area contributed by atoms with Crippen LogP contribution in [0.1, 0.15) is 31.1 Å². The molecular weight excluding hydrogens is 296 g/mol. The fraction of sp³-hybridized carbons (Fsp3) is 0.529. The Labute approximate surface area is 136 Å². The highest BCUT2D eigenvalue weighted by molar-refractivity contribution is 5.94. The number of benzene rings is 1. The molecule has 1 N–H and O–H groups in total. The first kappa shape index (κ1) is 17.3. The lowest BCUT2D eigenvalue weighted by Gasteiger charge is -2.36. The summed E-state index contributed by atoms with van der Waals surface area (Å²) in [6.07, 6.45) is -0.375. The second kappa shape index (κ2) is 7.46. The molecule has 1 aromatic carbocycles. The van der Waals surface area contributed by atoms with E-state index in [0.29, 0.717) is 31.9 Å². The first-order valence-corrected chi connectivity index (χ1v) is 7.77. The van der Waals surface area contributed by atoms with Crippen molar-refractivity contribution in [2.45, 2.75) is 32.4 Å². The summed E-state index contributed by atoms with van der Waals surface area (Å²) < 4.78 is 10.8. The largest absolute Gasteiger partial charge is 0.444 e. The number of morpholine rings is 1. The Morgan fingerprint density at radius 3 is 2.65 bits per heavy atom. The van der Waals surface area contributed by atoms with Crippen molar-refractivity contribution < 1.29 is 19.1 Å². The monoisotopic (exact) mass is 320 g/mol. The van der Waals surface area contributed by atoms with E-state index < -0.39 is 5.60 Å². The van der Waals surface area contributed by atoms with Crippen molar-refractivity contribution in [3.8, 4) is 0 Å². The summed E-state index contributed by atoms with van der Waals surface area (Å²) in [4.78, 5) is 26.0. The fourth-order valence-corrected chi connectivity index (χ4v) is 2.29. The van der Waals surface area contributed by atoms with Crippen LogP contribution >= 0.6 is 0 Å². The summed E-state index contributed by atoms with van der Waals surface area (Å²) >= 11 is 0. The molecule has 6 heteroatoms. The average Bonchev–Trinajstić information content (AvgIpc) is 2.52. The molecule has 1 unspecified atom stereocenters. The van der Waals surface area contributed by atoms with E-state index >= 15 is 0 Å². The number of nitrogens with one attached hydrogen (secondary N) is 1. The Balaban J connectivity index is 1.93. The molecule has 1 aliphatic rings. The van der Waals surface area contributed by atoms with Gasteiger partial charge in [-0.1, -0.05) is 18.2 Å². The lowest BCUT2D eigenvalue weighted by molar-refractivity contribution is -0.0314. The summed E-state index contributed by atoms with van der Waals surface area (Å²) in [6, 6.07) is 8.75. The maximum absolute atomic E-state index is 12.3. The third kappa shape index (κ3) is 5.25. The number of hydrogen-bond donors (Lipinski definition) is 1. The van der Waals surface area contributed by atoms with E-state index in [9.17, 15) is 9.59 Å². The van der Waals surface area contributed by atoms with Crippen LogP contribution in [0, 0.1) is 0 Å². The number of hydrogen-bond acceptors (Lipinski definition) is 4. The van der Waals surface area contributed by atoms with Gasteiger partial charge in [0.2, 0.25) is 0 Å². The molecule has 1 fully saturated rings. The number of amides is 2. The Kier molecular flexibility index (Phi) is 5.60. The molecule has 0 aromatic heterocycles. The van der Waals surface area contributed by atoms with Crippen molar-refractivity contribution >= 4 is 12.0 Å². The van der Waals surface area contributed by atoms with Crippen LogP contribution in [0.25, 0.3) is 0 Å².